The molecular weight excluding hydrogens is 246 g/mol. The van der Waals surface area contributed by atoms with E-state index in [1.54, 1.807) is 0 Å². The Morgan fingerprint density at radius 2 is 2.05 bits per heavy atom. The van der Waals surface area contributed by atoms with Gasteiger partial charge in [0.05, 0.1) is 11.4 Å². The molecule has 3 heteroatoms. The molecule has 2 aliphatic heterocycles. The highest BCUT2D eigenvalue weighted by molar-refractivity contribution is 5.60. The second-order valence-corrected chi connectivity index (χ2v) is 5.92. The van der Waals surface area contributed by atoms with Crippen LogP contribution in [0.3, 0.4) is 0 Å². The van der Waals surface area contributed by atoms with Crippen molar-refractivity contribution in [2.75, 3.05) is 24.5 Å². The van der Waals surface area contributed by atoms with Crippen LogP contribution >= 0.6 is 0 Å². The molecule has 0 aliphatic carbocycles. The van der Waals surface area contributed by atoms with Gasteiger partial charge in [0.1, 0.15) is 0 Å². The van der Waals surface area contributed by atoms with E-state index in [-0.39, 0.29) is 5.41 Å². The highest BCUT2D eigenvalue weighted by Crippen LogP contribution is 2.43. The van der Waals surface area contributed by atoms with Crippen LogP contribution in [0.5, 0.6) is 0 Å². The van der Waals surface area contributed by atoms with Gasteiger partial charge in [-0.15, -0.1) is 0 Å². The minimum absolute atomic E-state index is 0.228. The van der Waals surface area contributed by atoms with Gasteiger partial charge < -0.3 is 10.2 Å². The van der Waals surface area contributed by atoms with Crippen molar-refractivity contribution in [2.45, 2.75) is 18.4 Å². The summed E-state index contributed by atoms with van der Waals surface area (Å²) in [6.07, 6.45) is 3.13. The van der Waals surface area contributed by atoms with E-state index in [1.807, 2.05) is 6.20 Å². The Kier molecular flexibility index (Phi) is 2.74. The lowest BCUT2D eigenvalue weighted by Gasteiger charge is -2.24. The van der Waals surface area contributed by atoms with Gasteiger partial charge in [0, 0.05) is 31.2 Å². The third-order valence-electron chi connectivity index (χ3n) is 4.58. The van der Waals surface area contributed by atoms with Gasteiger partial charge in [0.2, 0.25) is 0 Å². The van der Waals surface area contributed by atoms with Crippen LogP contribution in [0.4, 0.5) is 5.69 Å². The van der Waals surface area contributed by atoms with E-state index in [0.29, 0.717) is 0 Å². The molecule has 4 rings (SSSR count). The molecule has 102 valence electrons. The van der Waals surface area contributed by atoms with Crippen LogP contribution in [0.2, 0.25) is 0 Å². The molecule has 1 aromatic carbocycles. The molecule has 1 N–H and O–H groups in total. The first-order valence-electron chi connectivity index (χ1n) is 7.33. The third-order valence-corrected chi connectivity index (χ3v) is 4.58. The zero-order chi connectivity index (χ0) is 13.4. The lowest BCUT2D eigenvalue weighted by atomic mass is 9.85. The summed E-state index contributed by atoms with van der Waals surface area (Å²) in [6, 6.07) is 15.0. The molecule has 2 aromatic rings. The van der Waals surface area contributed by atoms with E-state index in [4.69, 9.17) is 4.98 Å². The molecule has 2 aliphatic rings. The second-order valence-electron chi connectivity index (χ2n) is 5.92. The van der Waals surface area contributed by atoms with Crippen LogP contribution in [0.25, 0.3) is 0 Å². The van der Waals surface area contributed by atoms with Crippen molar-refractivity contribution < 1.29 is 0 Å². The Hall–Kier alpha value is -1.87. The Labute approximate surface area is 119 Å². The minimum Gasteiger partial charge on any atom is -0.365 e. The average molecular weight is 265 g/mol. The Morgan fingerprint density at radius 1 is 1.15 bits per heavy atom. The smallest absolute Gasteiger partial charge is 0.0729 e. The standard InChI is InChI=1S/C17H19N3/c1-2-5-14(6-3-1)11-20-13-17(8-10-18-12-17)16-15(20)7-4-9-19-16/h1-7,9,18H,8,10-13H2/t17-/m1/s1. The number of pyridine rings is 1. The van der Waals surface area contributed by atoms with Crippen molar-refractivity contribution in [2.24, 2.45) is 0 Å². The number of fused-ring (bicyclic) bond motifs is 2. The molecule has 20 heavy (non-hydrogen) atoms. The number of hydrogen-bond acceptors (Lipinski definition) is 3. The van der Waals surface area contributed by atoms with Crippen molar-refractivity contribution in [1.82, 2.24) is 10.3 Å². The molecule has 0 radical (unpaired) electrons. The third kappa shape index (κ3) is 1.81. The highest BCUT2D eigenvalue weighted by atomic mass is 15.2. The Morgan fingerprint density at radius 3 is 2.85 bits per heavy atom. The first-order chi connectivity index (χ1) is 9.87. The van der Waals surface area contributed by atoms with Crippen LogP contribution in [-0.4, -0.2) is 24.6 Å². The minimum atomic E-state index is 0.228. The van der Waals surface area contributed by atoms with Crippen LogP contribution < -0.4 is 10.2 Å². The van der Waals surface area contributed by atoms with Gasteiger partial charge in [-0.3, -0.25) is 4.98 Å². The van der Waals surface area contributed by atoms with Gasteiger partial charge in [-0.1, -0.05) is 30.3 Å². The molecule has 0 amide bonds. The fourth-order valence-corrected chi connectivity index (χ4v) is 3.61. The lowest BCUT2D eigenvalue weighted by Crippen LogP contribution is -2.35. The first kappa shape index (κ1) is 11.9. The van der Waals surface area contributed by atoms with Gasteiger partial charge in [-0.05, 0) is 30.7 Å². The van der Waals surface area contributed by atoms with E-state index in [1.165, 1.54) is 23.4 Å². The van der Waals surface area contributed by atoms with Crippen LogP contribution in [0.15, 0.2) is 48.7 Å². The summed E-state index contributed by atoms with van der Waals surface area (Å²) < 4.78 is 0. The molecule has 0 unspecified atom stereocenters. The van der Waals surface area contributed by atoms with Crippen molar-refractivity contribution in [3.63, 3.8) is 0 Å². The van der Waals surface area contributed by atoms with Gasteiger partial charge >= 0.3 is 0 Å². The number of anilines is 1. The molecule has 1 atom stereocenters. The SMILES string of the molecule is c1ccc(CN2C[C@]3(CCNC3)c3ncccc32)cc1. The number of aromatic nitrogens is 1. The maximum Gasteiger partial charge on any atom is 0.0729 e. The summed E-state index contributed by atoms with van der Waals surface area (Å²) in [5.74, 6) is 0. The Bertz CT molecular complexity index is 603. The highest BCUT2D eigenvalue weighted by Gasteiger charge is 2.45. The van der Waals surface area contributed by atoms with Crippen molar-refractivity contribution in [3.05, 3.63) is 59.9 Å². The number of nitrogens with zero attached hydrogens (tertiary/aromatic N) is 2. The van der Waals surface area contributed by atoms with E-state index < -0.39 is 0 Å². The van der Waals surface area contributed by atoms with Crippen LogP contribution in [0.1, 0.15) is 17.7 Å². The monoisotopic (exact) mass is 265 g/mol. The topological polar surface area (TPSA) is 28.2 Å². The molecule has 3 nitrogen and oxygen atoms in total. The van der Waals surface area contributed by atoms with Crippen LogP contribution in [0, 0.1) is 0 Å². The number of hydrogen-bond donors (Lipinski definition) is 1. The summed E-state index contributed by atoms with van der Waals surface area (Å²) >= 11 is 0. The molecule has 1 spiro atoms. The maximum absolute atomic E-state index is 4.70. The van der Waals surface area contributed by atoms with E-state index in [9.17, 15) is 0 Å². The van der Waals surface area contributed by atoms with Gasteiger partial charge in [-0.25, -0.2) is 0 Å². The second kappa shape index (κ2) is 4.60. The molecule has 3 heterocycles. The van der Waals surface area contributed by atoms with Crippen molar-refractivity contribution >= 4 is 5.69 Å². The average Bonchev–Trinajstić information content (AvgIpc) is 3.08. The van der Waals surface area contributed by atoms with Gasteiger partial charge in [0.15, 0.2) is 0 Å². The number of benzene rings is 1. The fraction of sp³-hybridized carbons (Fsp3) is 0.353. The van der Waals surface area contributed by atoms with Crippen molar-refractivity contribution in [1.29, 1.82) is 0 Å². The summed E-state index contributed by atoms with van der Waals surface area (Å²) in [7, 11) is 0. The van der Waals surface area contributed by atoms with E-state index in [2.05, 4.69) is 52.7 Å². The molecule has 1 fully saturated rings. The van der Waals surface area contributed by atoms with Gasteiger partial charge in [-0.2, -0.15) is 0 Å². The van der Waals surface area contributed by atoms with Crippen LogP contribution in [-0.2, 0) is 12.0 Å². The summed E-state index contributed by atoms with van der Waals surface area (Å²) in [5, 5.41) is 3.51. The molecule has 1 saturated heterocycles. The predicted octanol–water partition coefficient (Wildman–Crippen LogP) is 2.33. The summed E-state index contributed by atoms with van der Waals surface area (Å²) in [5.41, 5.74) is 4.21. The number of nitrogens with one attached hydrogen (secondary N) is 1. The fourth-order valence-electron chi connectivity index (χ4n) is 3.61. The number of rotatable bonds is 2. The molecular formula is C17H19N3. The summed E-state index contributed by atoms with van der Waals surface area (Å²) in [4.78, 5) is 7.20. The lowest BCUT2D eigenvalue weighted by molar-refractivity contribution is 0.484. The van der Waals surface area contributed by atoms with E-state index >= 15 is 0 Å². The Balaban J connectivity index is 1.69. The molecule has 0 saturated carbocycles. The first-order valence-corrected chi connectivity index (χ1v) is 7.33. The quantitative estimate of drug-likeness (QED) is 0.903. The zero-order valence-corrected chi connectivity index (χ0v) is 11.5. The van der Waals surface area contributed by atoms with Crippen molar-refractivity contribution in [3.8, 4) is 0 Å². The molecule has 0 bridgehead atoms. The predicted molar refractivity (Wildman–Crippen MR) is 80.9 cm³/mol. The largest absolute Gasteiger partial charge is 0.365 e. The van der Waals surface area contributed by atoms with E-state index in [0.717, 1.165) is 26.2 Å². The maximum atomic E-state index is 4.70. The molecule has 1 aromatic heterocycles. The summed E-state index contributed by atoms with van der Waals surface area (Å²) in [6.45, 7) is 4.22. The zero-order valence-electron chi connectivity index (χ0n) is 11.5. The van der Waals surface area contributed by atoms with Gasteiger partial charge in [0.25, 0.3) is 0 Å². The normalized spacial score (nSPS) is 24.3.